The Balaban J connectivity index is 2.14. The Morgan fingerprint density at radius 2 is 2.15 bits per heavy atom. The summed E-state index contributed by atoms with van der Waals surface area (Å²) in [7, 11) is 0. The SMILES string of the molecule is C=CCC[C@@](O)(c1cccc(Cl)c1-c1cccc(CC)c1)C1CNCCO1. The van der Waals surface area contributed by atoms with E-state index in [1.165, 1.54) is 5.56 Å². The van der Waals surface area contributed by atoms with Gasteiger partial charge in [0.1, 0.15) is 11.7 Å². The first-order valence-electron chi connectivity index (χ1n) is 9.64. The molecule has 0 spiro atoms. The molecule has 1 heterocycles. The highest BCUT2D eigenvalue weighted by molar-refractivity contribution is 6.33. The minimum absolute atomic E-state index is 0.335. The lowest BCUT2D eigenvalue weighted by atomic mass is 9.79. The maximum atomic E-state index is 11.9. The molecule has 0 bridgehead atoms. The summed E-state index contributed by atoms with van der Waals surface area (Å²) >= 11 is 6.65. The van der Waals surface area contributed by atoms with Crippen molar-refractivity contribution in [2.24, 2.45) is 0 Å². The zero-order valence-electron chi connectivity index (χ0n) is 15.9. The second-order valence-corrected chi connectivity index (χ2v) is 7.44. The molecule has 1 fully saturated rings. The van der Waals surface area contributed by atoms with Crippen LogP contribution >= 0.6 is 11.6 Å². The lowest BCUT2D eigenvalue weighted by Gasteiger charge is -2.40. The summed E-state index contributed by atoms with van der Waals surface area (Å²) < 4.78 is 5.98. The number of hydrogen-bond acceptors (Lipinski definition) is 3. The molecule has 144 valence electrons. The summed E-state index contributed by atoms with van der Waals surface area (Å²) in [4.78, 5) is 0. The van der Waals surface area contributed by atoms with Gasteiger partial charge in [0.25, 0.3) is 0 Å². The Hall–Kier alpha value is -1.65. The number of hydrogen-bond donors (Lipinski definition) is 2. The van der Waals surface area contributed by atoms with E-state index in [-0.39, 0.29) is 6.10 Å². The Morgan fingerprint density at radius 3 is 2.85 bits per heavy atom. The monoisotopic (exact) mass is 385 g/mol. The molecule has 1 saturated heterocycles. The number of aryl methyl sites for hydroxylation is 1. The van der Waals surface area contributed by atoms with E-state index >= 15 is 0 Å². The number of allylic oxidation sites excluding steroid dienone is 1. The van der Waals surface area contributed by atoms with E-state index in [4.69, 9.17) is 16.3 Å². The molecule has 0 aliphatic carbocycles. The largest absolute Gasteiger partial charge is 0.382 e. The van der Waals surface area contributed by atoms with E-state index < -0.39 is 5.60 Å². The van der Waals surface area contributed by atoms with Gasteiger partial charge in [-0.05, 0) is 42.0 Å². The van der Waals surface area contributed by atoms with E-state index in [2.05, 4.69) is 37.0 Å². The van der Waals surface area contributed by atoms with Crippen LogP contribution in [0.2, 0.25) is 5.02 Å². The summed E-state index contributed by atoms with van der Waals surface area (Å²) in [6, 6.07) is 14.1. The quantitative estimate of drug-likeness (QED) is 0.678. The number of morpholine rings is 1. The molecule has 0 amide bonds. The van der Waals surface area contributed by atoms with Crippen LogP contribution in [0.3, 0.4) is 0 Å². The van der Waals surface area contributed by atoms with Crippen LogP contribution in [-0.2, 0) is 16.8 Å². The van der Waals surface area contributed by atoms with Crippen LogP contribution in [0.5, 0.6) is 0 Å². The minimum atomic E-state index is -1.15. The molecule has 3 rings (SSSR count). The van der Waals surface area contributed by atoms with Gasteiger partial charge in [0.15, 0.2) is 0 Å². The first kappa shape index (κ1) is 20.1. The highest BCUT2D eigenvalue weighted by Crippen LogP contribution is 2.42. The van der Waals surface area contributed by atoms with Gasteiger partial charge < -0.3 is 15.2 Å². The molecular formula is C23H28ClNO2. The maximum absolute atomic E-state index is 11.9. The second-order valence-electron chi connectivity index (χ2n) is 7.03. The molecule has 0 saturated carbocycles. The van der Waals surface area contributed by atoms with Crippen molar-refractivity contribution in [3.63, 3.8) is 0 Å². The maximum Gasteiger partial charge on any atom is 0.118 e. The van der Waals surface area contributed by atoms with Crippen LogP contribution in [0.1, 0.15) is 30.9 Å². The van der Waals surface area contributed by atoms with E-state index in [0.29, 0.717) is 31.0 Å². The Labute approximate surface area is 167 Å². The van der Waals surface area contributed by atoms with Crippen molar-refractivity contribution in [3.05, 3.63) is 71.3 Å². The first-order valence-corrected chi connectivity index (χ1v) is 10.0. The minimum Gasteiger partial charge on any atom is -0.382 e. The van der Waals surface area contributed by atoms with Gasteiger partial charge in [-0.1, -0.05) is 61.0 Å². The average Bonchev–Trinajstić information content (AvgIpc) is 2.72. The lowest BCUT2D eigenvalue weighted by molar-refractivity contribution is -0.128. The van der Waals surface area contributed by atoms with Gasteiger partial charge in [-0.3, -0.25) is 0 Å². The molecule has 0 aromatic heterocycles. The zero-order valence-corrected chi connectivity index (χ0v) is 16.6. The molecule has 2 N–H and O–H groups in total. The number of rotatable bonds is 7. The van der Waals surface area contributed by atoms with Crippen LogP contribution in [0.4, 0.5) is 0 Å². The third-order valence-electron chi connectivity index (χ3n) is 5.29. The highest BCUT2D eigenvalue weighted by atomic mass is 35.5. The standard InChI is InChI=1S/C23H28ClNO2/c1-3-5-12-23(26,21-16-25-13-14-27-21)19-10-7-11-20(24)22(19)18-9-6-8-17(4-2)15-18/h3,6-11,15,21,25-26H,1,4-5,12-14,16H2,2H3/t21?,23-/m1/s1. The summed E-state index contributed by atoms with van der Waals surface area (Å²) in [5.41, 5.74) is 2.82. The first-order chi connectivity index (χ1) is 13.1. The summed E-state index contributed by atoms with van der Waals surface area (Å²) in [6.07, 6.45) is 3.67. The Bertz CT molecular complexity index is 786. The summed E-state index contributed by atoms with van der Waals surface area (Å²) in [5, 5.41) is 15.8. The zero-order chi connectivity index (χ0) is 19.3. The average molecular weight is 386 g/mol. The predicted molar refractivity (Wildman–Crippen MR) is 112 cm³/mol. The lowest BCUT2D eigenvalue weighted by Crippen LogP contribution is -2.51. The van der Waals surface area contributed by atoms with Crippen molar-refractivity contribution < 1.29 is 9.84 Å². The second kappa shape index (κ2) is 9.03. The molecular weight excluding hydrogens is 358 g/mol. The fraction of sp³-hybridized carbons (Fsp3) is 0.391. The number of nitrogens with one attached hydrogen (secondary N) is 1. The molecule has 27 heavy (non-hydrogen) atoms. The van der Waals surface area contributed by atoms with Crippen molar-refractivity contribution in [3.8, 4) is 11.1 Å². The summed E-state index contributed by atoms with van der Waals surface area (Å²) in [6.45, 7) is 7.96. The fourth-order valence-electron chi connectivity index (χ4n) is 3.79. The Morgan fingerprint density at radius 1 is 1.33 bits per heavy atom. The predicted octanol–water partition coefficient (Wildman–Crippen LogP) is 4.71. The molecule has 3 nitrogen and oxygen atoms in total. The van der Waals surface area contributed by atoms with Gasteiger partial charge in [-0.2, -0.15) is 0 Å². The normalized spacial score (nSPS) is 19.4. The van der Waals surface area contributed by atoms with E-state index in [0.717, 1.165) is 29.7 Å². The Kier molecular flexibility index (Phi) is 6.72. The van der Waals surface area contributed by atoms with Crippen LogP contribution < -0.4 is 5.32 Å². The molecule has 4 heteroatoms. The number of benzene rings is 2. The van der Waals surface area contributed by atoms with Crippen LogP contribution in [-0.4, -0.2) is 30.9 Å². The van der Waals surface area contributed by atoms with E-state index in [1.807, 2.05) is 30.3 Å². The third-order valence-corrected chi connectivity index (χ3v) is 5.61. The van der Waals surface area contributed by atoms with Crippen LogP contribution in [0.15, 0.2) is 55.1 Å². The van der Waals surface area contributed by atoms with Crippen molar-refractivity contribution in [1.29, 1.82) is 0 Å². The van der Waals surface area contributed by atoms with Crippen molar-refractivity contribution in [2.75, 3.05) is 19.7 Å². The molecule has 0 radical (unpaired) electrons. The number of aliphatic hydroxyl groups is 1. The van der Waals surface area contributed by atoms with Crippen molar-refractivity contribution >= 4 is 11.6 Å². The van der Waals surface area contributed by atoms with Gasteiger partial charge in [-0.15, -0.1) is 6.58 Å². The van der Waals surface area contributed by atoms with Crippen molar-refractivity contribution in [1.82, 2.24) is 5.32 Å². The number of halogens is 1. The van der Waals surface area contributed by atoms with E-state index in [9.17, 15) is 5.11 Å². The van der Waals surface area contributed by atoms with Gasteiger partial charge in [0.2, 0.25) is 0 Å². The smallest absolute Gasteiger partial charge is 0.118 e. The molecule has 1 aliphatic rings. The molecule has 2 aromatic carbocycles. The van der Waals surface area contributed by atoms with Crippen LogP contribution in [0.25, 0.3) is 11.1 Å². The molecule has 2 aromatic rings. The third kappa shape index (κ3) is 4.27. The highest BCUT2D eigenvalue weighted by Gasteiger charge is 2.41. The van der Waals surface area contributed by atoms with Gasteiger partial charge >= 0.3 is 0 Å². The molecule has 2 atom stereocenters. The molecule has 1 aliphatic heterocycles. The van der Waals surface area contributed by atoms with Gasteiger partial charge in [0.05, 0.1) is 6.61 Å². The summed E-state index contributed by atoms with van der Waals surface area (Å²) in [5.74, 6) is 0. The topological polar surface area (TPSA) is 41.5 Å². The van der Waals surface area contributed by atoms with Crippen molar-refractivity contribution in [2.45, 2.75) is 37.9 Å². The fourth-order valence-corrected chi connectivity index (χ4v) is 4.07. The number of ether oxygens (including phenoxy) is 1. The van der Waals surface area contributed by atoms with Gasteiger partial charge in [-0.25, -0.2) is 0 Å². The molecule has 1 unspecified atom stereocenters. The van der Waals surface area contributed by atoms with E-state index in [1.54, 1.807) is 0 Å². The van der Waals surface area contributed by atoms with Crippen LogP contribution in [0, 0.1) is 0 Å². The van der Waals surface area contributed by atoms with Gasteiger partial charge in [0, 0.05) is 23.7 Å².